The number of carbonyl (C=O) groups is 1. The molecule has 1 heterocycles. The van der Waals surface area contributed by atoms with Crippen molar-refractivity contribution in [3.63, 3.8) is 0 Å². The lowest BCUT2D eigenvalue weighted by Crippen LogP contribution is -2.23. The van der Waals surface area contributed by atoms with Gasteiger partial charge in [-0.05, 0) is 35.8 Å². The molecule has 0 fully saturated rings. The summed E-state index contributed by atoms with van der Waals surface area (Å²) in [5.41, 5.74) is 2.49. The highest BCUT2D eigenvalue weighted by molar-refractivity contribution is 5.86. The molecule has 0 spiro atoms. The number of Topliss-reactive ketones (excluding diaryl/α,β-unsaturated/α-hetero) is 1. The average molecular weight is 245 g/mol. The monoisotopic (exact) mass is 245 g/mol. The molecule has 98 valence electrons. The van der Waals surface area contributed by atoms with E-state index in [1.807, 2.05) is 6.07 Å². The number of hydrogen-bond acceptors (Lipinski definition) is 2. The van der Waals surface area contributed by atoms with Crippen molar-refractivity contribution >= 4 is 5.78 Å². The fourth-order valence-corrected chi connectivity index (χ4v) is 2.48. The van der Waals surface area contributed by atoms with Gasteiger partial charge in [-0.15, -0.1) is 0 Å². The first-order valence-corrected chi connectivity index (χ1v) is 6.86. The fraction of sp³-hybridized carbons (Fsp3) is 0.625. The third kappa shape index (κ3) is 2.63. The van der Waals surface area contributed by atoms with E-state index in [0.29, 0.717) is 18.1 Å². The first-order valence-electron chi connectivity index (χ1n) is 6.86. The molecule has 0 saturated heterocycles. The van der Waals surface area contributed by atoms with Crippen molar-refractivity contribution in [2.24, 2.45) is 11.3 Å². The Balaban J connectivity index is 2.08. The molecule has 1 aromatic rings. The smallest absolute Gasteiger partial charge is 0.142 e. The molecule has 0 bridgehead atoms. The van der Waals surface area contributed by atoms with E-state index in [-0.39, 0.29) is 11.3 Å². The first-order chi connectivity index (χ1) is 8.39. The van der Waals surface area contributed by atoms with Gasteiger partial charge in [0.05, 0.1) is 11.6 Å². The van der Waals surface area contributed by atoms with Crippen molar-refractivity contribution in [1.29, 1.82) is 0 Å². The summed E-state index contributed by atoms with van der Waals surface area (Å²) in [6.07, 6.45) is 4.42. The number of fused-ring (bicyclic) bond motifs is 1. The van der Waals surface area contributed by atoms with Gasteiger partial charge in [0.25, 0.3) is 0 Å². The minimum Gasteiger partial charge on any atom is -0.299 e. The zero-order valence-electron chi connectivity index (χ0n) is 11.9. The van der Waals surface area contributed by atoms with Crippen molar-refractivity contribution in [2.75, 3.05) is 0 Å². The van der Waals surface area contributed by atoms with Gasteiger partial charge in [0, 0.05) is 12.6 Å². The van der Waals surface area contributed by atoms with Gasteiger partial charge < -0.3 is 0 Å². The molecule has 1 aromatic heterocycles. The molecule has 2 nitrogen and oxygen atoms in total. The maximum Gasteiger partial charge on any atom is 0.142 e. The number of rotatable bonds is 3. The van der Waals surface area contributed by atoms with Crippen LogP contribution in [0.2, 0.25) is 0 Å². The fourth-order valence-electron chi connectivity index (χ4n) is 2.48. The van der Waals surface area contributed by atoms with Crippen LogP contribution in [0.5, 0.6) is 0 Å². The lowest BCUT2D eigenvalue weighted by Gasteiger charge is -2.27. The minimum absolute atomic E-state index is 0.0472. The number of aryl methyl sites for hydroxylation is 1. The Morgan fingerprint density at radius 3 is 2.89 bits per heavy atom. The second-order valence-corrected chi connectivity index (χ2v) is 6.58. The third-order valence-corrected chi connectivity index (χ3v) is 4.33. The van der Waals surface area contributed by atoms with E-state index in [1.165, 1.54) is 5.56 Å². The Bertz CT molecular complexity index is 445. The van der Waals surface area contributed by atoms with Crippen LogP contribution < -0.4 is 0 Å². The van der Waals surface area contributed by atoms with Crippen molar-refractivity contribution in [3.8, 4) is 0 Å². The van der Waals surface area contributed by atoms with Gasteiger partial charge >= 0.3 is 0 Å². The lowest BCUT2D eigenvalue weighted by molar-refractivity contribution is -0.122. The molecule has 0 saturated carbocycles. The molecule has 2 rings (SSSR count). The van der Waals surface area contributed by atoms with Crippen LogP contribution in [-0.2, 0) is 11.2 Å². The van der Waals surface area contributed by atoms with E-state index in [1.54, 1.807) is 6.20 Å². The lowest BCUT2D eigenvalue weighted by atomic mass is 9.77. The number of pyridine rings is 1. The standard InChI is InChI=1S/C16H23NO/c1-11(16(2,3)4)10-14(18)13-8-7-12-6-5-9-17-15(12)13/h5-6,9,11,13H,7-8,10H2,1-4H3. The Kier molecular flexibility index (Phi) is 3.56. The van der Waals surface area contributed by atoms with E-state index in [0.717, 1.165) is 18.5 Å². The molecule has 2 unspecified atom stereocenters. The number of carbonyl (C=O) groups excluding carboxylic acids is 1. The summed E-state index contributed by atoms with van der Waals surface area (Å²) < 4.78 is 0. The summed E-state index contributed by atoms with van der Waals surface area (Å²) in [5, 5.41) is 0. The molecule has 0 aromatic carbocycles. The molecule has 0 N–H and O–H groups in total. The van der Waals surface area contributed by atoms with Crippen molar-refractivity contribution in [2.45, 2.75) is 52.9 Å². The normalized spacial score (nSPS) is 20.6. The Morgan fingerprint density at radius 2 is 2.22 bits per heavy atom. The minimum atomic E-state index is 0.0472. The van der Waals surface area contributed by atoms with Crippen molar-refractivity contribution < 1.29 is 4.79 Å². The quantitative estimate of drug-likeness (QED) is 0.811. The molecular weight excluding hydrogens is 222 g/mol. The second-order valence-electron chi connectivity index (χ2n) is 6.58. The zero-order chi connectivity index (χ0) is 13.3. The van der Waals surface area contributed by atoms with Gasteiger partial charge in [-0.2, -0.15) is 0 Å². The van der Waals surface area contributed by atoms with E-state index in [4.69, 9.17) is 0 Å². The maximum atomic E-state index is 12.4. The highest BCUT2D eigenvalue weighted by Gasteiger charge is 2.32. The molecule has 0 aliphatic heterocycles. The van der Waals surface area contributed by atoms with Crippen LogP contribution in [0.1, 0.15) is 57.7 Å². The molecule has 2 atom stereocenters. The summed E-state index contributed by atoms with van der Waals surface area (Å²) in [5.74, 6) is 0.832. The molecule has 2 heteroatoms. The van der Waals surface area contributed by atoms with E-state index < -0.39 is 0 Å². The van der Waals surface area contributed by atoms with Crippen molar-refractivity contribution in [3.05, 3.63) is 29.6 Å². The zero-order valence-corrected chi connectivity index (χ0v) is 11.9. The third-order valence-electron chi connectivity index (χ3n) is 4.33. The number of nitrogens with zero attached hydrogens (tertiary/aromatic N) is 1. The van der Waals surface area contributed by atoms with Crippen LogP contribution in [0.3, 0.4) is 0 Å². The van der Waals surface area contributed by atoms with Crippen LogP contribution >= 0.6 is 0 Å². The van der Waals surface area contributed by atoms with Gasteiger partial charge in [-0.1, -0.05) is 33.8 Å². The number of hydrogen-bond donors (Lipinski definition) is 0. The van der Waals surface area contributed by atoms with Gasteiger partial charge in [0.2, 0.25) is 0 Å². The Hall–Kier alpha value is -1.18. The van der Waals surface area contributed by atoms with Gasteiger partial charge in [-0.25, -0.2) is 0 Å². The predicted octanol–water partition coefficient (Wildman–Crippen LogP) is 3.75. The van der Waals surface area contributed by atoms with Crippen LogP contribution in [-0.4, -0.2) is 10.8 Å². The maximum absolute atomic E-state index is 12.4. The molecule has 18 heavy (non-hydrogen) atoms. The summed E-state index contributed by atoms with van der Waals surface area (Å²) in [4.78, 5) is 16.8. The van der Waals surface area contributed by atoms with E-state index in [2.05, 4.69) is 38.7 Å². The number of ketones is 1. The predicted molar refractivity (Wildman–Crippen MR) is 73.5 cm³/mol. The molecule has 0 amide bonds. The summed E-state index contributed by atoms with van der Waals surface area (Å²) in [6, 6.07) is 4.06. The molecular formula is C16H23NO. The van der Waals surface area contributed by atoms with E-state index in [9.17, 15) is 4.79 Å². The van der Waals surface area contributed by atoms with Gasteiger partial charge in [-0.3, -0.25) is 9.78 Å². The molecule has 0 radical (unpaired) electrons. The SMILES string of the molecule is CC(CC(=O)C1CCc2cccnc21)C(C)(C)C. The molecule has 1 aliphatic carbocycles. The van der Waals surface area contributed by atoms with Crippen LogP contribution in [0.4, 0.5) is 0 Å². The highest BCUT2D eigenvalue weighted by Crippen LogP contribution is 2.36. The van der Waals surface area contributed by atoms with E-state index >= 15 is 0 Å². The first kappa shape index (κ1) is 13.3. The van der Waals surface area contributed by atoms with Crippen LogP contribution in [0, 0.1) is 11.3 Å². The summed E-state index contributed by atoms with van der Waals surface area (Å²) in [7, 11) is 0. The van der Waals surface area contributed by atoms with Gasteiger partial charge in [0.1, 0.15) is 5.78 Å². The molecule has 1 aliphatic rings. The Labute approximate surface area is 110 Å². The van der Waals surface area contributed by atoms with Crippen LogP contribution in [0.25, 0.3) is 0 Å². The topological polar surface area (TPSA) is 30.0 Å². The largest absolute Gasteiger partial charge is 0.299 e. The summed E-state index contributed by atoms with van der Waals surface area (Å²) >= 11 is 0. The van der Waals surface area contributed by atoms with Crippen LogP contribution in [0.15, 0.2) is 18.3 Å². The average Bonchev–Trinajstić information content (AvgIpc) is 2.71. The van der Waals surface area contributed by atoms with Crippen molar-refractivity contribution in [1.82, 2.24) is 4.98 Å². The highest BCUT2D eigenvalue weighted by atomic mass is 16.1. The van der Waals surface area contributed by atoms with Gasteiger partial charge in [0.15, 0.2) is 0 Å². The second kappa shape index (κ2) is 4.83. The number of aromatic nitrogens is 1. The summed E-state index contributed by atoms with van der Waals surface area (Å²) in [6.45, 7) is 8.77. The Morgan fingerprint density at radius 1 is 1.50 bits per heavy atom.